The lowest BCUT2D eigenvalue weighted by Crippen LogP contribution is -2.33. The minimum atomic E-state index is -3.20. The molecule has 0 unspecified atom stereocenters. The van der Waals surface area contributed by atoms with Crippen molar-refractivity contribution in [2.24, 2.45) is 0 Å². The summed E-state index contributed by atoms with van der Waals surface area (Å²) in [6, 6.07) is 7.57. The number of hydrogen-bond donors (Lipinski definition) is 2. The number of nitrogens with zero attached hydrogens (tertiary/aromatic N) is 2. The van der Waals surface area contributed by atoms with Crippen LogP contribution in [0.5, 0.6) is 0 Å². The summed E-state index contributed by atoms with van der Waals surface area (Å²) in [4.78, 5) is 12.4. The first kappa shape index (κ1) is 23.6. The molecule has 1 saturated carbocycles. The summed E-state index contributed by atoms with van der Waals surface area (Å²) in [5, 5.41) is 10.9. The van der Waals surface area contributed by atoms with Crippen molar-refractivity contribution in [2.45, 2.75) is 88.8 Å². The second kappa shape index (κ2) is 8.66. The molecule has 2 atom stereocenters. The molecule has 0 radical (unpaired) electrons. The molecule has 2 N–H and O–H groups in total. The first-order valence-electron chi connectivity index (χ1n) is 11.6. The average molecular weight is 475 g/mol. The maximum Gasteiger partial charge on any atom is 0.407 e. The van der Waals surface area contributed by atoms with Crippen LogP contribution in [0.15, 0.2) is 29.2 Å². The molecule has 1 aromatic carbocycles. The average Bonchev–Trinajstić information content (AvgIpc) is 3.39. The molecule has 2 heterocycles. The lowest BCUT2D eigenvalue weighted by molar-refractivity contribution is 0.0979. The number of amides is 1. The van der Waals surface area contributed by atoms with Crippen molar-refractivity contribution in [3.05, 3.63) is 35.5 Å². The van der Waals surface area contributed by atoms with Crippen molar-refractivity contribution in [2.75, 3.05) is 11.1 Å². The van der Waals surface area contributed by atoms with Crippen LogP contribution in [0.3, 0.4) is 0 Å². The van der Waals surface area contributed by atoms with Crippen molar-refractivity contribution in [1.82, 2.24) is 15.1 Å². The summed E-state index contributed by atoms with van der Waals surface area (Å²) in [6.07, 6.45) is 2.57. The van der Waals surface area contributed by atoms with E-state index in [1.807, 2.05) is 36.7 Å². The zero-order valence-corrected chi connectivity index (χ0v) is 20.8. The molecule has 4 rings (SSSR count). The smallest absolute Gasteiger partial charge is 0.407 e. The van der Waals surface area contributed by atoms with Gasteiger partial charge in [0, 0.05) is 29.4 Å². The molecule has 1 aliphatic carbocycles. The zero-order valence-electron chi connectivity index (χ0n) is 20.0. The minimum Gasteiger partial charge on any atom is -0.446 e. The third kappa shape index (κ3) is 5.18. The van der Waals surface area contributed by atoms with E-state index in [9.17, 15) is 13.2 Å². The van der Waals surface area contributed by atoms with Crippen molar-refractivity contribution in [1.29, 1.82) is 0 Å². The van der Waals surface area contributed by atoms with Gasteiger partial charge < -0.3 is 15.4 Å². The van der Waals surface area contributed by atoms with E-state index in [1.54, 1.807) is 6.07 Å². The molecule has 1 amide bonds. The number of aromatic nitrogens is 2. The Labute approximate surface area is 196 Å². The first-order chi connectivity index (χ1) is 15.4. The summed E-state index contributed by atoms with van der Waals surface area (Å²) in [5.41, 5.74) is 2.45. The highest BCUT2D eigenvalue weighted by Crippen LogP contribution is 2.39. The lowest BCUT2D eigenvalue weighted by atomic mass is 10.0. The Morgan fingerprint density at radius 3 is 2.67 bits per heavy atom. The molecular formula is C24H34N4O4S. The van der Waals surface area contributed by atoms with E-state index < -0.39 is 9.84 Å². The Balaban J connectivity index is 1.54. The lowest BCUT2D eigenvalue weighted by Gasteiger charge is -2.24. The van der Waals surface area contributed by atoms with Gasteiger partial charge in [0.05, 0.1) is 16.2 Å². The van der Waals surface area contributed by atoms with Crippen LogP contribution >= 0.6 is 0 Å². The van der Waals surface area contributed by atoms with Crippen molar-refractivity contribution >= 4 is 27.4 Å². The monoisotopic (exact) mass is 474 g/mol. The molecule has 0 bridgehead atoms. The van der Waals surface area contributed by atoms with Gasteiger partial charge in [-0.2, -0.15) is 5.10 Å². The van der Waals surface area contributed by atoms with Crippen LogP contribution in [-0.2, 0) is 26.5 Å². The summed E-state index contributed by atoms with van der Waals surface area (Å²) in [6.45, 7) is 10.1. The van der Waals surface area contributed by atoms with Crippen LogP contribution in [0.2, 0.25) is 0 Å². The number of alkyl carbamates (subject to hydrolysis) is 1. The van der Waals surface area contributed by atoms with E-state index in [2.05, 4.69) is 31.4 Å². The minimum absolute atomic E-state index is 0.0415. The molecule has 8 nitrogen and oxygen atoms in total. The molecule has 1 aliphatic heterocycles. The molecule has 1 fully saturated rings. The number of sulfone groups is 1. The summed E-state index contributed by atoms with van der Waals surface area (Å²) >= 11 is 0. The number of anilines is 2. The van der Waals surface area contributed by atoms with Gasteiger partial charge in [-0.1, -0.05) is 6.07 Å². The van der Waals surface area contributed by atoms with Gasteiger partial charge in [0.1, 0.15) is 6.10 Å². The standard InChI is InChI=1S/C24H34N4O4S/c1-15(2)25-23(29)32-19-9-7-17(12-19)20-14-22(27-28(20)24(3,4)5)26-18-8-6-16-10-11-33(30,31)21(16)13-18/h6,8,13-15,17,19H,7,9-12H2,1-5H3,(H,25,29)(H,26,27)/t17-,19+/m0/s1. The Bertz CT molecular complexity index is 1150. The summed E-state index contributed by atoms with van der Waals surface area (Å²) < 4.78 is 32.2. The molecule has 0 spiro atoms. The third-order valence-corrected chi connectivity index (χ3v) is 7.96. The maximum atomic E-state index is 12.3. The number of carbonyl (C=O) groups is 1. The Kier molecular flexibility index (Phi) is 6.20. The largest absolute Gasteiger partial charge is 0.446 e. The van der Waals surface area contributed by atoms with E-state index >= 15 is 0 Å². The van der Waals surface area contributed by atoms with Gasteiger partial charge in [-0.3, -0.25) is 4.68 Å². The third-order valence-electron chi connectivity index (χ3n) is 6.17. The molecule has 9 heteroatoms. The Hall–Kier alpha value is -2.55. The van der Waals surface area contributed by atoms with Gasteiger partial charge in [-0.05, 0) is 78.0 Å². The van der Waals surface area contributed by atoms with E-state index in [4.69, 9.17) is 9.84 Å². The number of benzene rings is 1. The molecule has 1 aromatic heterocycles. The predicted molar refractivity (Wildman–Crippen MR) is 128 cm³/mol. The normalized spacial score (nSPS) is 21.8. The molecule has 0 saturated heterocycles. The predicted octanol–water partition coefficient (Wildman–Crippen LogP) is 4.48. The second-order valence-electron chi connectivity index (χ2n) is 10.4. The zero-order chi connectivity index (χ0) is 24.0. The Morgan fingerprint density at radius 2 is 1.97 bits per heavy atom. The van der Waals surface area contributed by atoms with Gasteiger partial charge in [0.2, 0.25) is 0 Å². The maximum absolute atomic E-state index is 12.3. The Morgan fingerprint density at radius 1 is 1.21 bits per heavy atom. The van der Waals surface area contributed by atoms with Crippen LogP contribution in [-0.4, -0.2) is 42.2 Å². The number of carbonyl (C=O) groups excluding carboxylic acids is 1. The number of rotatable bonds is 5. The number of hydrogen-bond acceptors (Lipinski definition) is 6. The molecule has 2 aromatic rings. The fourth-order valence-corrected chi connectivity index (χ4v) is 6.24. The van der Waals surface area contributed by atoms with Gasteiger partial charge >= 0.3 is 6.09 Å². The first-order valence-corrected chi connectivity index (χ1v) is 13.3. The van der Waals surface area contributed by atoms with Crippen LogP contribution in [0.4, 0.5) is 16.3 Å². The molecule has 180 valence electrons. The van der Waals surface area contributed by atoms with Crippen LogP contribution in [0.25, 0.3) is 0 Å². The van der Waals surface area contributed by atoms with E-state index in [0.717, 1.165) is 30.5 Å². The summed E-state index contributed by atoms with van der Waals surface area (Å²) in [5.74, 6) is 1.08. The van der Waals surface area contributed by atoms with E-state index in [1.165, 1.54) is 0 Å². The second-order valence-corrected chi connectivity index (χ2v) is 12.5. The fraction of sp³-hybridized carbons (Fsp3) is 0.583. The quantitative estimate of drug-likeness (QED) is 0.662. The van der Waals surface area contributed by atoms with Crippen LogP contribution in [0.1, 0.15) is 71.1 Å². The SMILES string of the molecule is CC(C)NC(=O)O[C@@H]1CC[C@H](c2cc(Nc3ccc4c(c3)S(=O)(=O)CC4)nn2C(C)(C)C)C1. The number of ether oxygens (including phenoxy) is 1. The highest BCUT2D eigenvalue weighted by molar-refractivity contribution is 7.91. The van der Waals surface area contributed by atoms with Gasteiger partial charge in [0.15, 0.2) is 15.7 Å². The molecule has 33 heavy (non-hydrogen) atoms. The van der Waals surface area contributed by atoms with E-state index in [-0.39, 0.29) is 35.4 Å². The van der Waals surface area contributed by atoms with E-state index in [0.29, 0.717) is 22.8 Å². The number of fused-ring (bicyclic) bond motifs is 1. The van der Waals surface area contributed by atoms with Gasteiger partial charge in [-0.15, -0.1) is 0 Å². The highest BCUT2D eigenvalue weighted by Gasteiger charge is 2.33. The van der Waals surface area contributed by atoms with Crippen LogP contribution < -0.4 is 10.6 Å². The summed E-state index contributed by atoms with van der Waals surface area (Å²) in [7, 11) is -3.20. The van der Waals surface area contributed by atoms with Crippen LogP contribution in [0, 0.1) is 0 Å². The molecular weight excluding hydrogens is 440 g/mol. The van der Waals surface area contributed by atoms with Gasteiger partial charge in [-0.25, -0.2) is 13.2 Å². The number of aryl methyl sites for hydroxylation is 1. The fourth-order valence-electron chi connectivity index (χ4n) is 4.65. The van der Waals surface area contributed by atoms with Crippen molar-refractivity contribution in [3.63, 3.8) is 0 Å². The topological polar surface area (TPSA) is 102 Å². The van der Waals surface area contributed by atoms with Crippen molar-refractivity contribution < 1.29 is 17.9 Å². The van der Waals surface area contributed by atoms with Gasteiger partial charge in [0.25, 0.3) is 0 Å². The molecule has 2 aliphatic rings. The highest BCUT2D eigenvalue weighted by atomic mass is 32.2. The number of nitrogens with one attached hydrogen (secondary N) is 2. The van der Waals surface area contributed by atoms with Crippen molar-refractivity contribution in [3.8, 4) is 0 Å².